The SMILES string of the molecule is Cc1ccccc1-n1nnnc1SC(C)C(=O)Nc1ccc2c(c1)N1CCN=C1S2. The van der Waals surface area contributed by atoms with E-state index >= 15 is 0 Å². The number of carbonyl (C=O) groups excluding carboxylic acids is 1. The number of hydrogen-bond donors (Lipinski definition) is 1. The number of fused-ring (bicyclic) bond motifs is 3. The van der Waals surface area contributed by atoms with Crippen LogP contribution < -0.4 is 10.2 Å². The summed E-state index contributed by atoms with van der Waals surface area (Å²) in [5.41, 5.74) is 3.85. The first kappa shape index (κ1) is 19.1. The highest BCUT2D eigenvalue weighted by atomic mass is 32.2. The van der Waals surface area contributed by atoms with Crippen LogP contribution in [0.15, 0.2) is 57.5 Å². The Morgan fingerprint density at radius 3 is 2.97 bits per heavy atom. The largest absolute Gasteiger partial charge is 0.325 e. The fourth-order valence-corrected chi connectivity index (χ4v) is 5.25. The van der Waals surface area contributed by atoms with Gasteiger partial charge in [-0.1, -0.05) is 30.0 Å². The van der Waals surface area contributed by atoms with Crippen LogP contribution >= 0.6 is 23.5 Å². The molecule has 1 aromatic heterocycles. The van der Waals surface area contributed by atoms with Crippen LogP contribution in [0.5, 0.6) is 0 Å². The fraction of sp³-hybridized carbons (Fsp3) is 0.250. The number of para-hydroxylation sites is 1. The molecular formula is C20H19N7OS2. The molecular weight excluding hydrogens is 418 g/mol. The van der Waals surface area contributed by atoms with E-state index in [-0.39, 0.29) is 11.2 Å². The van der Waals surface area contributed by atoms with Crippen molar-refractivity contribution in [3.63, 3.8) is 0 Å². The van der Waals surface area contributed by atoms with Crippen molar-refractivity contribution in [3.8, 4) is 5.69 Å². The van der Waals surface area contributed by atoms with E-state index in [2.05, 4.69) is 30.7 Å². The third-order valence-corrected chi connectivity index (χ3v) is 7.09. The summed E-state index contributed by atoms with van der Waals surface area (Å²) in [4.78, 5) is 20.7. The molecule has 2 aliphatic heterocycles. The summed E-state index contributed by atoms with van der Waals surface area (Å²) in [5.74, 6) is -0.0970. The van der Waals surface area contributed by atoms with Crippen molar-refractivity contribution in [3.05, 3.63) is 48.0 Å². The van der Waals surface area contributed by atoms with Crippen LogP contribution in [0.25, 0.3) is 5.69 Å². The number of aryl methyl sites for hydroxylation is 1. The topological polar surface area (TPSA) is 88.3 Å². The van der Waals surface area contributed by atoms with Gasteiger partial charge in [-0.3, -0.25) is 9.79 Å². The highest BCUT2D eigenvalue weighted by Gasteiger charge is 2.30. The molecule has 0 spiro atoms. The lowest BCUT2D eigenvalue weighted by Gasteiger charge is -2.15. The van der Waals surface area contributed by atoms with Crippen molar-refractivity contribution < 1.29 is 4.79 Å². The molecule has 8 nitrogen and oxygen atoms in total. The van der Waals surface area contributed by atoms with Gasteiger partial charge in [0.05, 0.1) is 23.2 Å². The smallest absolute Gasteiger partial charge is 0.237 e. The van der Waals surface area contributed by atoms with Crippen LogP contribution in [0, 0.1) is 6.92 Å². The number of aliphatic imine (C=N–C) groups is 1. The summed E-state index contributed by atoms with van der Waals surface area (Å²) in [7, 11) is 0. The average molecular weight is 438 g/mol. The molecule has 1 N–H and O–H groups in total. The first-order valence-corrected chi connectivity index (χ1v) is 11.3. The maximum absolute atomic E-state index is 12.8. The Balaban J connectivity index is 1.30. The van der Waals surface area contributed by atoms with Gasteiger partial charge >= 0.3 is 0 Å². The molecule has 0 aliphatic carbocycles. The van der Waals surface area contributed by atoms with Crippen LogP contribution in [-0.2, 0) is 4.79 Å². The zero-order valence-corrected chi connectivity index (χ0v) is 18.1. The predicted octanol–water partition coefficient (Wildman–Crippen LogP) is 3.37. The lowest BCUT2D eigenvalue weighted by Crippen LogP contribution is -2.24. The Morgan fingerprint density at radius 1 is 1.23 bits per heavy atom. The first-order chi connectivity index (χ1) is 14.6. The van der Waals surface area contributed by atoms with Crippen molar-refractivity contribution >= 4 is 46.0 Å². The Hall–Kier alpha value is -2.85. The van der Waals surface area contributed by atoms with Crippen molar-refractivity contribution in [1.82, 2.24) is 20.2 Å². The van der Waals surface area contributed by atoms with Crippen LogP contribution in [0.2, 0.25) is 0 Å². The molecule has 0 bridgehead atoms. The van der Waals surface area contributed by atoms with Crippen molar-refractivity contribution in [2.75, 3.05) is 23.3 Å². The van der Waals surface area contributed by atoms with Crippen molar-refractivity contribution in [2.24, 2.45) is 4.99 Å². The summed E-state index contributed by atoms with van der Waals surface area (Å²) >= 11 is 3.01. The summed E-state index contributed by atoms with van der Waals surface area (Å²) in [5, 5.41) is 16.3. The molecule has 3 aromatic rings. The van der Waals surface area contributed by atoms with E-state index in [1.807, 2.05) is 56.3 Å². The molecule has 0 fully saturated rings. The second-order valence-corrected chi connectivity index (χ2v) is 9.33. The number of nitrogens with one attached hydrogen (secondary N) is 1. The number of amides is 1. The maximum Gasteiger partial charge on any atom is 0.237 e. The van der Waals surface area contributed by atoms with E-state index in [1.165, 1.54) is 16.7 Å². The van der Waals surface area contributed by atoms with Gasteiger partial charge in [0.1, 0.15) is 0 Å². The molecule has 1 amide bonds. The van der Waals surface area contributed by atoms with Gasteiger partial charge in [-0.2, -0.15) is 4.68 Å². The van der Waals surface area contributed by atoms with Gasteiger partial charge in [0.2, 0.25) is 11.1 Å². The van der Waals surface area contributed by atoms with Crippen LogP contribution in [0.1, 0.15) is 12.5 Å². The van der Waals surface area contributed by atoms with E-state index in [1.54, 1.807) is 16.4 Å². The van der Waals surface area contributed by atoms with Gasteiger partial charge in [0.25, 0.3) is 0 Å². The summed E-state index contributed by atoms with van der Waals surface area (Å²) in [6, 6.07) is 13.9. The Labute approximate surface area is 182 Å². The third kappa shape index (κ3) is 3.46. The number of amidine groups is 1. The molecule has 2 aromatic carbocycles. The Morgan fingerprint density at radius 2 is 2.10 bits per heavy atom. The Kier molecular flexibility index (Phi) is 4.95. The summed E-state index contributed by atoms with van der Waals surface area (Å²) < 4.78 is 1.67. The van der Waals surface area contributed by atoms with Gasteiger partial charge in [0, 0.05) is 17.1 Å². The van der Waals surface area contributed by atoms with E-state index in [0.717, 1.165) is 40.9 Å². The highest BCUT2D eigenvalue weighted by Crippen LogP contribution is 2.43. The average Bonchev–Trinajstić information content (AvgIpc) is 3.45. The van der Waals surface area contributed by atoms with Crippen LogP contribution in [0.4, 0.5) is 11.4 Å². The lowest BCUT2D eigenvalue weighted by molar-refractivity contribution is -0.115. The zero-order chi connectivity index (χ0) is 20.7. The summed E-state index contributed by atoms with van der Waals surface area (Å²) in [6.45, 7) is 5.57. The van der Waals surface area contributed by atoms with Gasteiger partial charge in [0.15, 0.2) is 5.17 Å². The molecule has 0 saturated heterocycles. The molecule has 10 heteroatoms. The van der Waals surface area contributed by atoms with E-state index in [9.17, 15) is 4.79 Å². The normalized spacial score (nSPS) is 15.5. The van der Waals surface area contributed by atoms with Gasteiger partial charge in [-0.15, -0.1) is 5.10 Å². The lowest BCUT2D eigenvalue weighted by atomic mass is 10.2. The molecule has 2 aliphatic rings. The number of carbonyl (C=O) groups is 1. The molecule has 3 heterocycles. The summed E-state index contributed by atoms with van der Waals surface area (Å²) in [6.07, 6.45) is 0. The molecule has 152 valence electrons. The molecule has 5 rings (SSSR count). The number of nitrogens with zero attached hydrogens (tertiary/aromatic N) is 6. The van der Waals surface area contributed by atoms with E-state index in [0.29, 0.717) is 5.16 Å². The number of anilines is 2. The van der Waals surface area contributed by atoms with E-state index < -0.39 is 0 Å². The number of thioether (sulfide) groups is 2. The monoisotopic (exact) mass is 437 g/mol. The maximum atomic E-state index is 12.8. The van der Waals surface area contributed by atoms with Crippen molar-refractivity contribution in [1.29, 1.82) is 0 Å². The number of tetrazole rings is 1. The molecule has 1 atom stereocenters. The van der Waals surface area contributed by atoms with Crippen molar-refractivity contribution in [2.45, 2.75) is 29.1 Å². The van der Waals surface area contributed by atoms with Gasteiger partial charge in [-0.05, 0) is 65.9 Å². The minimum Gasteiger partial charge on any atom is -0.325 e. The Bertz CT molecular complexity index is 1160. The molecule has 30 heavy (non-hydrogen) atoms. The number of aromatic nitrogens is 4. The minimum absolute atomic E-state index is 0.0970. The van der Waals surface area contributed by atoms with Gasteiger partial charge < -0.3 is 10.2 Å². The minimum atomic E-state index is -0.370. The zero-order valence-electron chi connectivity index (χ0n) is 16.4. The molecule has 1 unspecified atom stereocenters. The first-order valence-electron chi connectivity index (χ1n) is 9.56. The standard InChI is InChI=1S/C20H19N7OS2/c1-12-5-3-4-6-15(12)27-20(23-24-25-27)29-13(2)18(28)22-14-7-8-17-16(11-14)26-10-9-21-19(26)30-17/h3-8,11,13H,9-10H2,1-2H3,(H,22,28). The predicted molar refractivity (Wildman–Crippen MR) is 120 cm³/mol. The number of hydrogen-bond acceptors (Lipinski definition) is 8. The molecule has 0 saturated carbocycles. The third-order valence-electron chi connectivity index (χ3n) is 4.96. The number of benzene rings is 2. The second kappa shape index (κ2) is 7.77. The van der Waals surface area contributed by atoms with Gasteiger partial charge in [-0.25, -0.2) is 0 Å². The van der Waals surface area contributed by atoms with Crippen LogP contribution in [-0.4, -0.2) is 49.6 Å². The quantitative estimate of drug-likeness (QED) is 0.612. The second-order valence-electron chi connectivity index (χ2n) is 7.01. The van der Waals surface area contributed by atoms with Crippen LogP contribution in [0.3, 0.4) is 0 Å². The highest BCUT2D eigenvalue weighted by molar-refractivity contribution is 8.14. The fourth-order valence-electron chi connectivity index (χ4n) is 3.39. The van der Waals surface area contributed by atoms with E-state index in [4.69, 9.17) is 0 Å². The molecule has 0 radical (unpaired) electrons. The number of rotatable bonds is 5.